The summed E-state index contributed by atoms with van der Waals surface area (Å²) >= 11 is 0. The largest absolute Gasteiger partial charge is 0.480 e. The summed E-state index contributed by atoms with van der Waals surface area (Å²) in [7, 11) is 0. The molecular formula is C5H7NO2. The summed E-state index contributed by atoms with van der Waals surface area (Å²) in [5.41, 5.74) is 0. The van der Waals surface area contributed by atoms with E-state index in [9.17, 15) is 4.79 Å². The third-order valence-corrected chi connectivity index (χ3v) is 0.670. The Morgan fingerprint density at radius 2 is 2.50 bits per heavy atom. The first kappa shape index (κ1) is 6.83. The van der Waals surface area contributed by atoms with Crippen molar-refractivity contribution >= 4 is 5.97 Å². The van der Waals surface area contributed by atoms with Crippen LogP contribution < -0.4 is 5.32 Å². The summed E-state index contributed by atoms with van der Waals surface area (Å²) in [6.07, 6.45) is 4.74. The van der Waals surface area contributed by atoms with Gasteiger partial charge >= 0.3 is 5.97 Å². The van der Waals surface area contributed by atoms with Crippen molar-refractivity contribution in [1.82, 2.24) is 5.32 Å². The Labute approximate surface area is 47.7 Å². The second kappa shape index (κ2) is 2.92. The van der Waals surface area contributed by atoms with Gasteiger partial charge in [-0.25, -0.2) is 4.79 Å². The van der Waals surface area contributed by atoms with Crippen molar-refractivity contribution in [2.75, 3.05) is 0 Å². The molecule has 0 spiro atoms. The molecule has 0 unspecified atom stereocenters. The van der Waals surface area contributed by atoms with Gasteiger partial charge in [0.05, 0.1) is 0 Å². The van der Waals surface area contributed by atoms with Gasteiger partial charge in [-0.05, 0) is 6.92 Å². The van der Waals surface area contributed by atoms with Crippen LogP contribution in [0.2, 0.25) is 0 Å². The molecule has 2 N–H and O–H groups in total. The lowest BCUT2D eigenvalue weighted by atomic mass is 10.4. The number of aliphatic carboxylic acids is 1. The molecule has 0 aromatic heterocycles. The molecule has 44 valence electrons. The molecule has 0 amide bonds. The van der Waals surface area contributed by atoms with Gasteiger partial charge in [-0.2, -0.15) is 0 Å². The summed E-state index contributed by atoms with van der Waals surface area (Å²) in [5.74, 6) is -0.942. The van der Waals surface area contributed by atoms with Gasteiger partial charge < -0.3 is 10.4 Å². The SMILES string of the molecule is C#CN[C@H](C)C(=O)O. The molecule has 0 bridgehead atoms. The number of carboxylic acid groups (broad SMARTS) is 1. The molecule has 3 nitrogen and oxygen atoms in total. The van der Waals surface area contributed by atoms with Gasteiger partial charge in [0.1, 0.15) is 6.04 Å². The normalized spacial score (nSPS) is 11.5. The molecule has 0 heterocycles. The van der Waals surface area contributed by atoms with Crippen LogP contribution in [0.15, 0.2) is 0 Å². The van der Waals surface area contributed by atoms with Gasteiger partial charge in [-0.15, -0.1) is 0 Å². The van der Waals surface area contributed by atoms with Crippen LogP contribution in [0.1, 0.15) is 6.92 Å². The Morgan fingerprint density at radius 3 is 2.62 bits per heavy atom. The van der Waals surface area contributed by atoms with E-state index in [2.05, 4.69) is 5.32 Å². The topological polar surface area (TPSA) is 49.3 Å². The average Bonchev–Trinajstić information content (AvgIpc) is 1.67. The first-order valence-electron chi connectivity index (χ1n) is 2.12. The van der Waals surface area contributed by atoms with Crippen molar-refractivity contribution in [3.05, 3.63) is 0 Å². The second-order valence-corrected chi connectivity index (χ2v) is 1.35. The molecular weight excluding hydrogens is 106 g/mol. The molecule has 0 aliphatic carbocycles. The zero-order chi connectivity index (χ0) is 6.57. The molecule has 3 heteroatoms. The molecule has 0 aromatic rings. The van der Waals surface area contributed by atoms with E-state index < -0.39 is 12.0 Å². The zero-order valence-corrected chi connectivity index (χ0v) is 4.51. The third-order valence-electron chi connectivity index (χ3n) is 0.670. The van der Waals surface area contributed by atoms with Gasteiger partial charge in [0, 0.05) is 6.04 Å². The maximum atomic E-state index is 9.93. The number of hydrogen-bond acceptors (Lipinski definition) is 2. The van der Waals surface area contributed by atoms with E-state index in [0.717, 1.165) is 0 Å². The Bertz CT molecular complexity index is 125. The number of terminal acetylenes is 1. The molecule has 8 heavy (non-hydrogen) atoms. The molecule has 0 aliphatic rings. The standard InChI is InChI=1S/C5H7NO2/c1-3-6-4(2)5(7)8/h1,4,6H,2H3,(H,7,8)/t4-/m1/s1. The number of carbonyl (C=O) groups is 1. The number of rotatable bonds is 2. The van der Waals surface area contributed by atoms with Crippen LogP contribution in [-0.2, 0) is 4.79 Å². The molecule has 0 radical (unpaired) electrons. The predicted octanol–water partition coefficient (Wildman–Crippen LogP) is -0.360. The Balaban J connectivity index is 3.52. The van der Waals surface area contributed by atoms with E-state index in [1.807, 2.05) is 6.04 Å². The first-order valence-corrected chi connectivity index (χ1v) is 2.12. The maximum absolute atomic E-state index is 9.93. The molecule has 0 saturated carbocycles. The Kier molecular flexibility index (Phi) is 2.49. The van der Waals surface area contributed by atoms with Gasteiger partial charge in [0.25, 0.3) is 0 Å². The Hall–Kier alpha value is -1.17. The molecule has 0 aliphatic heterocycles. The van der Waals surface area contributed by atoms with E-state index in [1.54, 1.807) is 0 Å². The molecule has 0 saturated heterocycles. The highest BCUT2D eigenvalue weighted by Crippen LogP contribution is 1.75. The summed E-state index contributed by atoms with van der Waals surface area (Å²) in [6, 6.07) is 1.37. The lowest BCUT2D eigenvalue weighted by Crippen LogP contribution is -2.29. The van der Waals surface area contributed by atoms with Crippen molar-refractivity contribution in [2.24, 2.45) is 0 Å². The van der Waals surface area contributed by atoms with E-state index in [4.69, 9.17) is 11.5 Å². The van der Waals surface area contributed by atoms with Crippen LogP contribution in [0.25, 0.3) is 0 Å². The van der Waals surface area contributed by atoms with E-state index in [1.165, 1.54) is 6.92 Å². The second-order valence-electron chi connectivity index (χ2n) is 1.35. The van der Waals surface area contributed by atoms with Crippen LogP contribution in [0.4, 0.5) is 0 Å². The van der Waals surface area contributed by atoms with Crippen LogP contribution >= 0.6 is 0 Å². The fourth-order valence-corrected chi connectivity index (χ4v) is 0.187. The summed E-state index contributed by atoms with van der Waals surface area (Å²) < 4.78 is 0. The van der Waals surface area contributed by atoms with E-state index >= 15 is 0 Å². The van der Waals surface area contributed by atoms with Gasteiger partial charge in [0.2, 0.25) is 0 Å². The molecule has 1 atom stereocenters. The van der Waals surface area contributed by atoms with Crippen molar-refractivity contribution in [3.63, 3.8) is 0 Å². The molecule has 0 rings (SSSR count). The number of nitrogens with one attached hydrogen (secondary N) is 1. The van der Waals surface area contributed by atoms with Crippen molar-refractivity contribution in [2.45, 2.75) is 13.0 Å². The quantitative estimate of drug-likeness (QED) is 0.380. The lowest BCUT2D eigenvalue weighted by molar-refractivity contribution is -0.138. The highest BCUT2D eigenvalue weighted by molar-refractivity contribution is 5.73. The smallest absolute Gasteiger partial charge is 0.326 e. The van der Waals surface area contributed by atoms with Crippen molar-refractivity contribution in [1.29, 1.82) is 0 Å². The minimum absolute atomic E-state index is 0.653. The fraction of sp³-hybridized carbons (Fsp3) is 0.400. The zero-order valence-electron chi connectivity index (χ0n) is 4.51. The van der Waals surface area contributed by atoms with Crippen LogP contribution in [-0.4, -0.2) is 17.1 Å². The van der Waals surface area contributed by atoms with Crippen molar-refractivity contribution < 1.29 is 9.90 Å². The van der Waals surface area contributed by atoms with Gasteiger partial charge in [-0.1, -0.05) is 6.42 Å². The summed E-state index contributed by atoms with van der Waals surface area (Å²) in [6.45, 7) is 1.47. The van der Waals surface area contributed by atoms with Crippen molar-refractivity contribution in [3.8, 4) is 12.5 Å². The van der Waals surface area contributed by atoms with Crippen LogP contribution in [0, 0.1) is 12.5 Å². The minimum atomic E-state index is -0.942. The minimum Gasteiger partial charge on any atom is -0.480 e. The number of hydrogen-bond donors (Lipinski definition) is 2. The van der Waals surface area contributed by atoms with E-state index in [-0.39, 0.29) is 0 Å². The predicted molar refractivity (Wildman–Crippen MR) is 29.1 cm³/mol. The van der Waals surface area contributed by atoms with Gasteiger partial charge in [-0.3, -0.25) is 0 Å². The first-order chi connectivity index (χ1) is 3.68. The highest BCUT2D eigenvalue weighted by Gasteiger charge is 2.05. The summed E-state index contributed by atoms with van der Waals surface area (Å²) in [5, 5.41) is 10.4. The summed E-state index contributed by atoms with van der Waals surface area (Å²) in [4.78, 5) is 9.93. The lowest BCUT2D eigenvalue weighted by Gasteiger charge is -2.00. The van der Waals surface area contributed by atoms with Crippen LogP contribution in [0.3, 0.4) is 0 Å². The third kappa shape index (κ3) is 2.08. The molecule has 0 fully saturated rings. The van der Waals surface area contributed by atoms with Gasteiger partial charge in [0.15, 0.2) is 0 Å². The van der Waals surface area contributed by atoms with E-state index in [0.29, 0.717) is 0 Å². The maximum Gasteiger partial charge on any atom is 0.326 e. The Morgan fingerprint density at radius 1 is 2.00 bits per heavy atom. The molecule has 0 aromatic carbocycles. The number of carboxylic acids is 1. The van der Waals surface area contributed by atoms with Crippen LogP contribution in [0.5, 0.6) is 0 Å². The average molecular weight is 113 g/mol. The monoisotopic (exact) mass is 113 g/mol. The highest BCUT2D eigenvalue weighted by atomic mass is 16.4. The fourth-order valence-electron chi connectivity index (χ4n) is 0.187.